The van der Waals surface area contributed by atoms with Crippen LogP contribution in [0.1, 0.15) is 64.7 Å². The maximum absolute atomic E-state index is 12.0. The number of nitrogens with zero attached hydrogens (tertiary/aromatic N) is 1. The van der Waals surface area contributed by atoms with Crippen molar-refractivity contribution in [2.45, 2.75) is 76.9 Å². The Morgan fingerprint density at radius 1 is 0.974 bits per heavy atom. The summed E-state index contributed by atoms with van der Waals surface area (Å²) in [4.78, 5) is 26.2. The number of aliphatic hydroxyl groups is 1. The van der Waals surface area contributed by atoms with E-state index in [2.05, 4.69) is 24.0 Å². The molecule has 0 saturated heterocycles. The van der Waals surface area contributed by atoms with Crippen molar-refractivity contribution in [1.29, 1.82) is 0 Å². The zero-order valence-electron chi connectivity index (χ0n) is 24.2. The second-order valence-electron chi connectivity index (χ2n) is 10.2. The Kier molecular flexibility index (Phi) is 22.2. The third-order valence-corrected chi connectivity index (χ3v) is 6.36. The van der Waals surface area contributed by atoms with Gasteiger partial charge in [-0.3, -0.25) is 19.1 Å². The monoisotopic (exact) mass is 576 g/mol. The van der Waals surface area contributed by atoms with Gasteiger partial charge >= 0.3 is 13.8 Å². The van der Waals surface area contributed by atoms with Crippen LogP contribution in [-0.4, -0.2) is 85.4 Å². The molecule has 0 radical (unpaired) electrons. The molecule has 0 aromatic rings. The topological polar surface area (TPSA) is 132 Å². The number of aliphatic hydroxyl groups excluding tert-OH is 1. The van der Waals surface area contributed by atoms with E-state index >= 15 is 0 Å². The van der Waals surface area contributed by atoms with E-state index < -0.39 is 33.1 Å². The van der Waals surface area contributed by atoms with Crippen molar-refractivity contribution in [3.05, 3.63) is 48.6 Å². The number of carbonyl (C=O) groups is 1. The van der Waals surface area contributed by atoms with E-state index in [-0.39, 0.29) is 19.1 Å². The minimum atomic E-state index is -4.29. The van der Waals surface area contributed by atoms with Gasteiger partial charge in [0.05, 0.1) is 34.4 Å². The van der Waals surface area contributed by atoms with Gasteiger partial charge in [0.1, 0.15) is 25.4 Å². The first-order valence-corrected chi connectivity index (χ1v) is 15.2. The van der Waals surface area contributed by atoms with Crippen molar-refractivity contribution >= 4 is 13.8 Å². The van der Waals surface area contributed by atoms with Gasteiger partial charge in [0.25, 0.3) is 0 Å². The van der Waals surface area contributed by atoms with Crippen molar-refractivity contribution in [3.8, 4) is 0 Å². The van der Waals surface area contributed by atoms with E-state index in [1.165, 1.54) is 0 Å². The highest BCUT2D eigenvalue weighted by atomic mass is 31.2. The zero-order chi connectivity index (χ0) is 29.4. The Morgan fingerprint density at radius 2 is 1.67 bits per heavy atom. The number of phosphoric acid groups is 1. The lowest BCUT2D eigenvalue weighted by Gasteiger charge is -2.24. The van der Waals surface area contributed by atoms with Gasteiger partial charge in [0.15, 0.2) is 0 Å². The van der Waals surface area contributed by atoms with E-state index in [1.54, 1.807) is 0 Å². The van der Waals surface area contributed by atoms with Gasteiger partial charge in [-0.1, -0.05) is 74.8 Å². The quantitative estimate of drug-likeness (QED) is 0.0203. The zero-order valence-corrected chi connectivity index (χ0v) is 25.0. The van der Waals surface area contributed by atoms with Crippen LogP contribution >= 0.6 is 7.82 Å². The fourth-order valence-corrected chi connectivity index (χ4v) is 3.81. The number of phosphoric ester groups is 1. The highest BCUT2D eigenvalue weighted by Crippen LogP contribution is 2.43. The van der Waals surface area contributed by atoms with Crippen LogP contribution in [0, 0.1) is 0 Å². The first kappa shape index (κ1) is 37.4. The first-order chi connectivity index (χ1) is 18.5. The Balaban J connectivity index is 4.02. The molecule has 226 valence electrons. The third-order valence-electron chi connectivity index (χ3n) is 5.37. The van der Waals surface area contributed by atoms with E-state index in [0.717, 1.165) is 38.5 Å². The van der Waals surface area contributed by atoms with E-state index in [0.29, 0.717) is 23.9 Å². The molecule has 0 aliphatic rings. The smallest absolute Gasteiger partial charge is 0.457 e. The lowest BCUT2D eigenvalue weighted by atomic mass is 10.1. The number of quaternary nitrogens is 1. The molecule has 10 nitrogen and oxygen atoms in total. The predicted molar refractivity (Wildman–Crippen MR) is 153 cm³/mol. The van der Waals surface area contributed by atoms with Crippen molar-refractivity contribution in [2.24, 2.45) is 0 Å². The number of unbranched alkanes of at least 4 members (excludes halogenated alkanes) is 3. The highest BCUT2D eigenvalue weighted by molar-refractivity contribution is 7.47. The van der Waals surface area contributed by atoms with E-state index in [1.807, 2.05) is 57.6 Å². The van der Waals surface area contributed by atoms with Crippen molar-refractivity contribution in [2.75, 3.05) is 47.5 Å². The number of ether oxygens (including phenoxy) is 1. The molecule has 11 heteroatoms. The van der Waals surface area contributed by atoms with Gasteiger partial charge in [-0.2, -0.15) is 0 Å². The molecule has 39 heavy (non-hydrogen) atoms. The summed E-state index contributed by atoms with van der Waals surface area (Å²) < 4.78 is 27.4. The second kappa shape index (κ2) is 23.1. The van der Waals surface area contributed by atoms with Crippen LogP contribution < -0.4 is 0 Å². The first-order valence-electron chi connectivity index (χ1n) is 13.7. The fraction of sp³-hybridized carbons (Fsp3) is 0.679. The van der Waals surface area contributed by atoms with Crippen molar-refractivity contribution in [1.82, 2.24) is 0 Å². The molecule has 0 aromatic carbocycles. The van der Waals surface area contributed by atoms with Gasteiger partial charge in [-0.05, 0) is 32.1 Å². The molecule has 0 aliphatic heterocycles. The molecule has 0 fully saturated rings. The number of hydrogen-bond donors (Lipinski definition) is 3. The second-order valence-corrected chi connectivity index (χ2v) is 11.6. The number of esters is 1. The molecule has 0 aliphatic carbocycles. The summed E-state index contributed by atoms with van der Waals surface area (Å²) in [6, 6.07) is 0. The Morgan fingerprint density at radius 3 is 2.31 bits per heavy atom. The summed E-state index contributed by atoms with van der Waals surface area (Å²) in [5.74, 6) is -0.511. The van der Waals surface area contributed by atoms with Gasteiger partial charge in [-0.25, -0.2) is 9.45 Å². The number of hydrogen-bond acceptors (Lipinski definition) is 8. The SMILES string of the molecule is CCCCC[C@H](/C=C/C=C\C/C=C\C/C=C\CCCC(=O)OC(CO)COP(=O)(O)OCC[N+](C)(C)C)OO. The predicted octanol–water partition coefficient (Wildman–Crippen LogP) is 5.34. The Hall–Kier alpha value is -1.62. The van der Waals surface area contributed by atoms with Crippen LogP contribution in [0.15, 0.2) is 48.6 Å². The van der Waals surface area contributed by atoms with Crippen molar-refractivity contribution in [3.63, 3.8) is 0 Å². The van der Waals surface area contributed by atoms with Gasteiger partial charge < -0.3 is 19.2 Å². The molecule has 0 aromatic heterocycles. The van der Waals surface area contributed by atoms with Gasteiger partial charge in [0, 0.05) is 6.42 Å². The molecule has 3 atom stereocenters. The molecule has 0 bridgehead atoms. The minimum absolute atomic E-state index is 0.0286. The molecule has 0 heterocycles. The summed E-state index contributed by atoms with van der Waals surface area (Å²) in [6.45, 7) is 1.71. The molecule has 0 spiro atoms. The number of allylic oxidation sites excluding steroid dienone is 7. The van der Waals surface area contributed by atoms with Crippen molar-refractivity contribution < 1.29 is 47.8 Å². The molecule has 0 rings (SSSR count). The van der Waals surface area contributed by atoms with Crippen LogP contribution in [0.5, 0.6) is 0 Å². The van der Waals surface area contributed by atoms with Crippen LogP contribution in [0.25, 0.3) is 0 Å². The molecule has 0 saturated carbocycles. The Labute approximate surface area is 234 Å². The molecular formula is C28H51NO9P+. The molecule has 0 amide bonds. The van der Waals surface area contributed by atoms with Crippen LogP contribution in [-0.2, 0) is 28.0 Å². The maximum Gasteiger partial charge on any atom is 0.472 e. The summed E-state index contributed by atoms with van der Waals surface area (Å²) in [7, 11) is 1.46. The molecular weight excluding hydrogens is 525 g/mol. The average molecular weight is 577 g/mol. The van der Waals surface area contributed by atoms with Gasteiger partial charge in [-0.15, -0.1) is 0 Å². The maximum atomic E-state index is 12.0. The lowest BCUT2D eigenvalue weighted by Crippen LogP contribution is -2.37. The van der Waals surface area contributed by atoms with E-state index in [9.17, 15) is 19.4 Å². The van der Waals surface area contributed by atoms with Crippen LogP contribution in [0.2, 0.25) is 0 Å². The summed E-state index contributed by atoms with van der Waals surface area (Å²) in [5, 5.41) is 18.3. The number of likely N-dealkylation sites (N-methyl/N-ethyl adjacent to an activating group) is 1. The molecule has 3 N–H and O–H groups in total. The van der Waals surface area contributed by atoms with E-state index in [4.69, 9.17) is 19.0 Å². The largest absolute Gasteiger partial charge is 0.472 e. The van der Waals surface area contributed by atoms with Gasteiger partial charge in [0.2, 0.25) is 0 Å². The summed E-state index contributed by atoms with van der Waals surface area (Å²) in [6.07, 6.45) is 21.6. The Bertz CT molecular complexity index is 790. The molecule has 2 unspecified atom stereocenters. The average Bonchev–Trinajstić information content (AvgIpc) is 2.87. The highest BCUT2D eigenvalue weighted by Gasteiger charge is 2.25. The summed E-state index contributed by atoms with van der Waals surface area (Å²) in [5.41, 5.74) is 0. The van der Waals surface area contributed by atoms with Crippen LogP contribution in [0.4, 0.5) is 0 Å². The lowest BCUT2D eigenvalue weighted by molar-refractivity contribution is -0.870. The number of carbonyl (C=O) groups excluding carboxylic acids is 1. The van der Waals surface area contributed by atoms with Crippen LogP contribution in [0.3, 0.4) is 0 Å². The number of rotatable bonds is 24. The standard InChI is InChI=1S/C28H50NO9P/c1-5-6-16-19-26(38-32)20-17-14-12-10-8-7-9-11-13-15-18-21-28(31)37-27(24-30)25-36-39(33,34)35-23-22-29(2,3)4/h7-8,11-14,17,20,26-27,30H,5-6,9-10,15-16,18-19,21-25H2,1-4H3,(H-,32,33,34)/p+1/b8-7-,13-11-,14-12-,20-17+/t26-,27?/m1/s1. The minimum Gasteiger partial charge on any atom is -0.457 e. The normalized spacial score (nSPS) is 16.0. The third kappa shape index (κ3) is 25.1. The summed E-state index contributed by atoms with van der Waals surface area (Å²) >= 11 is 0. The fourth-order valence-electron chi connectivity index (χ4n) is 3.07.